The number of carbonyl (C=O) groups is 2. The lowest BCUT2D eigenvalue weighted by molar-refractivity contribution is 0.0560. The fraction of sp³-hybridized carbons (Fsp3) is 0.231. The molecule has 1 atom stereocenters. The van der Waals surface area contributed by atoms with Crippen molar-refractivity contribution in [3.63, 3.8) is 0 Å². The first-order chi connectivity index (χ1) is 16.5. The number of hydrogen-bond acceptors (Lipinski definition) is 7. The molecular weight excluding hydrogens is 436 g/mol. The first kappa shape index (κ1) is 23.0. The van der Waals surface area contributed by atoms with E-state index in [1.54, 1.807) is 29.2 Å². The number of furan rings is 1. The third kappa shape index (κ3) is 4.61. The Bertz CT molecular complexity index is 1200. The first-order valence-corrected chi connectivity index (χ1v) is 10.9. The van der Waals surface area contributed by atoms with Gasteiger partial charge in [-0.1, -0.05) is 24.3 Å². The predicted molar refractivity (Wildman–Crippen MR) is 126 cm³/mol. The van der Waals surface area contributed by atoms with Crippen molar-refractivity contribution >= 4 is 17.6 Å². The third-order valence-electron chi connectivity index (χ3n) is 5.35. The van der Waals surface area contributed by atoms with Crippen LogP contribution >= 0.6 is 0 Å². The van der Waals surface area contributed by atoms with E-state index in [0.717, 1.165) is 11.3 Å². The zero-order valence-corrected chi connectivity index (χ0v) is 19.1. The Labute approximate surface area is 197 Å². The standard InChI is InChI=1S/C26H26N2O6/c1-4-14-28-24(27-20-9-7-6-8-19(20)25(28)29)17-10-12-21(23(15-17)32-5-2)33-16-18-11-13-22(34-18)26(30)31-3/h4,6-13,15,24,27H,1,5,14,16H2,2-3H3/t24-/m0/s1. The maximum atomic E-state index is 13.1. The normalized spacial score (nSPS) is 14.7. The minimum absolute atomic E-state index is 0.0724. The van der Waals surface area contributed by atoms with E-state index >= 15 is 0 Å². The summed E-state index contributed by atoms with van der Waals surface area (Å²) in [6, 6.07) is 16.2. The highest BCUT2D eigenvalue weighted by molar-refractivity contribution is 6.01. The minimum Gasteiger partial charge on any atom is -0.490 e. The Morgan fingerprint density at radius 2 is 1.97 bits per heavy atom. The number of ether oxygens (including phenoxy) is 3. The summed E-state index contributed by atoms with van der Waals surface area (Å²) in [7, 11) is 1.29. The second-order valence-electron chi connectivity index (χ2n) is 7.52. The van der Waals surface area contributed by atoms with Crippen molar-refractivity contribution < 1.29 is 28.2 Å². The average Bonchev–Trinajstić information content (AvgIpc) is 3.34. The zero-order chi connectivity index (χ0) is 24.1. The molecule has 0 unspecified atom stereocenters. The van der Waals surface area contributed by atoms with Crippen LogP contribution in [0.25, 0.3) is 0 Å². The van der Waals surface area contributed by atoms with Crippen LogP contribution in [0.2, 0.25) is 0 Å². The molecule has 0 saturated heterocycles. The quantitative estimate of drug-likeness (QED) is 0.361. The summed E-state index contributed by atoms with van der Waals surface area (Å²) in [6.07, 6.45) is 1.30. The van der Waals surface area contributed by atoms with Gasteiger partial charge in [-0.2, -0.15) is 0 Å². The van der Waals surface area contributed by atoms with Gasteiger partial charge >= 0.3 is 5.97 Å². The van der Waals surface area contributed by atoms with Crippen LogP contribution in [0.5, 0.6) is 11.5 Å². The van der Waals surface area contributed by atoms with E-state index in [1.807, 2.05) is 37.3 Å². The number of para-hydroxylation sites is 1. The van der Waals surface area contributed by atoms with Gasteiger partial charge in [-0.3, -0.25) is 4.79 Å². The SMILES string of the molecule is C=CCN1C(=O)c2ccccc2N[C@@H]1c1ccc(OCc2ccc(C(=O)OC)o2)c(OCC)c1. The van der Waals surface area contributed by atoms with Crippen LogP contribution in [0.15, 0.2) is 71.7 Å². The molecule has 3 aromatic rings. The molecule has 1 aliphatic heterocycles. The van der Waals surface area contributed by atoms with Gasteiger partial charge in [-0.15, -0.1) is 6.58 Å². The molecule has 1 N–H and O–H groups in total. The summed E-state index contributed by atoms with van der Waals surface area (Å²) in [4.78, 5) is 26.4. The van der Waals surface area contributed by atoms with Gasteiger partial charge < -0.3 is 28.8 Å². The van der Waals surface area contributed by atoms with E-state index in [-0.39, 0.29) is 18.3 Å². The summed E-state index contributed by atoms with van der Waals surface area (Å²) in [5.74, 6) is 1.01. The Morgan fingerprint density at radius 3 is 2.74 bits per heavy atom. The molecule has 0 fully saturated rings. The van der Waals surface area contributed by atoms with E-state index in [9.17, 15) is 9.59 Å². The van der Waals surface area contributed by atoms with Gasteiger partial charge in [-0.25, -0.2) is 4.79 Å². The van der Waals surface area contributed by atoms with Crippen LogP contribution in [0.1, 0.15) is 45.3 Å². The molecule has 176 valence electrons. The van der Waals surface area contributed by atoms with Crippen molar-refractivity contribution in [1.29, 1.82) is 0 Å². The van der Waals surface area contributed by atoms with E-state index in [1.165, 1.54) is 13.2 Å². The van der Waals surface area contributed by atoms with Gasteiger partial charge in [0.1, 0.15) is 18.5 Å². The van der Waals surface area contributed by atoms with Crippen LogP contribution in [0.4, 0.5) is 5.69 Å². The van der Waals surface area contributed by atoms with E-state index in [0.29, 0.717) is 36.0 Å². The number of benzene rings is 2. The number of esters is 1. The van der Waals surface area contributed by atoms with Gasteiger partial charge in [0, 0.05) is 12.2 Å². The molecule has 0 bridgehead atoms. The number of carbonyl (C=O) groups excluding carboxylic acids is 2. The topological polar surface area (TPSA) is 90.2 Å². The second-order valence-corrected chi connectivity index (χ2v) is 7.52. The summed E-state index contributed by atoms with van der Waals surface area (Å²) in [5.41, 5.74) is 2.23. The van der Waals surface area contributed by atoms with Crippen molar-refractivity contribution in [3.05, 3.63) is 89.9 Å². The first-order valence-electron chi connectivity index (χ1n) is 10.9. The molecule has 2 heterocycles. The molecule has 1 aromatic heterocycles. The predicted octanol–water partition coefficient (Wildman–Crippen LogP) is 4.80. The smallest absolute Gasteiger partial charge is 0.373 e. The monoisotopic (exact) mass is 462 g/mol. The Balaban J connectivity index is 1.59. The van der Waals surface area contributed by atoms with E-state index in [4.69, 9.17) is 13.9 Å². The van der Waals surface area contributed by atoms with Crippen molar-refractivity contribution in [1.82, 2.24) is 4.90 Å². The number of amides is 1. The minimum atomic E-state index is -0.550. The van der Waals surface area contributed by atoms with Crippen LogP contribution in [-0.2, 0) is 11.3 Å². The molecule has 1 amide bonds. The number of methoxy groups -OCH3 is 1. The summed E-state index contributed by atoms with van der Waals surface area (Å²) in [6.45, 7) is 6.61. The number of hydrogen-bond donors (Lipinski definition) is 1. The fourth-order valence-corrected chi connectivity index (χ4v) is 3.78. The number of anilines is 1. The Morgan fingerprint density at radius 1 is 1.15 bits per heavy atom. The maximum Gasteiger partial charge on any atom is 0.373 e. The molecule has 8 heteroatoms. The third-order valence-corrected chi connectivity index (χ3v) is 5.35. The largest absolute Gasteiger partial charge is 0.490 e. The Hall–Kier alpha value is -4.20. The highest BCUT2D eigenvalue weighted by atomic mass is 16.5. The van der Waals surface area contributed by atoms with E-state index in [2.05, 4.69) is 16.6 Å². The molecule has 0 spiro atoms. The lowest BCUT2D eigenvalue weighted by atomic mass is 10.0. The molecule has 34 heavy (non-hydrogen) atoms. The van der Waals surface area contributed by atoms with Crippen molar-refractivity contribution in [3.8, 4) is 11.5 Å². The summed E-state index contributed by atoms with van der Waals surface area (Å²) >= 11 is 0. The fourth-order valence-electron chi connectivity index (χ4n) is 3.78. The molecule has 8 nitrogen and oxygen atoms in total. The van der Waals surface area contributed by atoms with Gasteiger partial charge in [0.25, 0.3) is 5.91 Å². The average molecular weight is 463 g/mol. The Kier molecular flexibility index (Phi) is 6.87. The molecule has 1 aliphatic rings. The summed E-state index contributed by atoms with van der Waals surface area (Å²) in [5, 5.41) is 3.45. The lowest BCUT2D eigenvalue weighted by Crippen LogP contribution is -2.42. The number of nitrogens with one attached hydrogen (secondary N) is 1. The highest BCUT2D eigenvalue weighted by Crippen LogP contribution is 2.37. The summed E-state index contributed by atoms with van der Waals surface area (Å²) < 4.78 is 21.9. The number of rotatable bonds is 9. The van der Waals surface area contributed by atoms with Gasteiger partial charge in [0.2, 0.25) is 5.76 Å². The molecule has 0 radical (unpaired) electrons. The van der Waals surface area contributed by atoms with Crippen molar-refractivity contribution in [2.75, 3.05) is 25.6 Å². The van der Waals surface area contributed by atoms with Crippen LogP contribution in [-0.4, -0.2) is 37.0 Å². The van der Waals surface area contributed by atoms with Crippen molar-refractivity contribution in [2.45, 2.75) is 19.7 Å². The molecular formula is C26H26N2O6. The highest BCUT2D eigenvalue weighted by Gasteiger charge is 2.32. The van der Waals surface area contributed by atoms with Crippen molar-refractivity contribution in [2.24, 2.45) is 0 Å². The zero-order valence-electron chi connectivity index (χ0n) is 19.1. The van der Waals surface area contributed by atoms with Crippen LogP contribution in [0, 0.1) is 0 Å². The molecule has 4 rings (SSSR count). The molecule has 2 aromatic carbocycles. The second kappa shape index (κ2) is 10.2. The lowest BCUT2D eigenvalue weighted by Gasteiger charge is -2.37. The van der Waals surface area contributed by atoms with Gasteiger partial charge in [0.05, 0.1) is 19.3 Å². The van der Waals surface area contributed by atoms with Crippen LogP contribution in [0.3, 0.4) is 0 Å². The molecule has 0 saturated carbocycles. The van der Waals surface area contributed by atoms with Gasteiger partial charge in [0.15, 0.2) is 11.5 Å². The van der Waals surface area contributed by atoms with Gasteiger partial charge in [-0.05, 0) is 48.9 Å². The number of nitrogens with zero attached hydrogens (tertiary/aromatic N) is 1. The molecule has 0 aliphatic carbocycles. The maximum absolute atomic E-state index is 13.1. The number of fused-ring (bicyclic) bond motifs is 1. The van der Waals surface area contributed by atoms with E-state index < -0.39 is 12.1 Å². The van der Waals surface area contributed by atoms with Crippen LogP contribution < -0.4 is 14.8 Å².